The van der Waals surface area contributed by atoms with Gasteiger partial charge >= 0.3 is 0 Å². The van der Waals surface area contributed by atoms with Gasteiger partial charge in [-0.15, -0.1) is 0 Å². The molecule has 0 aromatic heterocycles. The van der Waals surface area contributed by atoms with Crippen molar-refractivity contribution in [3.05, 3.63) is 29.8 Å². The SMILES string of the molecule is CCCCC(=O)NC(NC(=O)CCCC)c1ccc(OC(C)C)cc1. The van der Waals surface area contributed by atoms with Crippen molar-refractivity contribution in [1.82, 2.24) is 10.6 Å². The van der Waals surface area contributed by atoms with Crippen LogP contribution in [0.2, 0.25) is 0 Å². The number of carbonyl (C=O) groups excluding carboxylic acids is 2. The van der Waals surface area contributed by atoms with Gasteiger partial charge in [-0.3, -0.25) is 9.59 Å². The molecule has 25 heavy (non-hydrogen) atoms. The molecule has 5 heteroatoms. The molecule has 5 nitrogen and oxygen atoms in total. The Morgan fingerprint density at radius 1 is 0.920 bits per heavy atom. The second kappa shape index (κ2) is 11.5. The predicted octanol–water partition coefficient (Wildman–Crippen LogP) is 4.09. The molecule has 1 rings (SSSR count). The number of hydrogen-bond donors (Lipinski definition) is 2. The molecule has 0 atom stereocenters. The van der Waals surface area contributed by atoms with Crippen molar-refractivity contribution >= 4 is 11.8 Å². The summed E-state index contributed by atoms with van der Waals surface area (Å²) in [6.07, 6.45) is 4.11. The minimum absolute atomic E-state index is 0.0508. The molecule has 0 aliphatic carbocycles. The van der Waals surface area contributed by atoms with E-state index in [1.807, 2.05) is 52.0 Å². The van der Waals surface area contributed by atoms with Crippen molar-refractivity contribution in [2.45, 2.75) is 78.5 Å². The standard InChI is InChI=1S/C20H32N2O3/c1-5-7-9-18(23)21-20(22-19(24)10-8-6-2)16-11-13-17(14-12-16)25-15(3)4/h11-15,20H,5-10H2,1-4H3,(H,21,23)(H,22,24). The summed E-state index contributed by atoms with van der Waals surface area (Å²) in [6.45, 7) is 8.03. The Kier molecular flexibility index (Phi) is 9.66. The molecule has 0 saturated carbocycles. The van der Waals surface area contributed by atoms with Gasteiger partial charge in [0.05, 0.1) is 6.10 Å². The molecule has 0 heterocycles. The zero-order valence-electron chi connectivity index (χ0n) is 15.9. The third-order valence-electron chi connectivity index (χ3n) is 3.71. The van der Waals surface area contributed by atoms with Gasteiger partial charge in [0.15, 0.2) is 0 Å². The highest BCUT2D eigenvalue weighted by atomic mass is 16.5. The van der Waals surface area contributed by atoms with E-state index in [1.54, 1.807) is 0 Å². The Morgan fingerprint density at radius 3 is 1.80 bits per heavy atom. The van der Waals surface area contributed by atoms with E-state index in [-0.39, 0.29) is 17.9 Å². The maximum absolute atomic E-state index is 12.1. The van der Waals surface area contributed by atoms with Crippen molar-refractivity contribution in [1.29, 1.82) is 0 Å². The van der Waals surface area contributed by atoms with Crippen molar-refractivity contribution in [3.8, 4) is 5.75 Å². The first-order chi connectivity index (χ1) is 12.0. The summed E-state index contributed by atoms with van der Waals surface area (Å²) in [7, 11) is 0. The van der Waals surface area contributed by atoms with E-state index in [4.69, 9.17) is 4.74 Å². The molecule has 0 fully saturated rings. The first kappa shape index (κ1) is 21.0. The number of unbranched alkanes of at least 4 members (excludes halogenated alkanes) is 2. The first-order valence-corrected chi connectivity index (χ1v) is 9.31. The summed E-state index contributed by atoms with van der Waals surface area (Å²) in [5.74, 6) is 0.669. The van der Waals surface area contributed by atoms with Gasteiger partial charge in [-0.05, 0) is 44.4 Å². The zero-order chi connectivity index (χ0) is 18.7. The van der Waals surface area contributed by atoms with E-state index in [1.165, 1.54) is 0 Å². The van der Waals surface area contributed by atoms with E-state index in [2.05, 4.69) is 10.6 Å². The number of carbonyl (C=O) groups is 2. The fraction of sp³-hybridized carbons (Fsp3) is 0.600. The Hall–Kier alpha value is -2.04. The maximum Gasteiger partial charge on any atom is 0.221 e. The van der Waals surface area contributed by atoms with Gasteiger partial charge < -0.3 is 15.4 Å². The molecule has 2 amide bonds. The molecule has 0 unspecified atom stereocenters. The van der Waals surface area contributed by atoms with Crippen molar-refractivity contribution in [3.63, 3.8) is 0 Å². The summed E-state index contributed by atoms with van der Waals surface area (Å²) >= 11 is 0. The number of rotatable bonds is 11. The normalized spacial score (nSPS) is 10.8. The lowest BCUT2D eigenvalue weighted by Gasteiger charge is -2.21. The maximum atomic E-state index is 12.1. The third-order valence-corrected chi connectivity index (χ3v) is 3.71. The quantitative estimate of drug-likeness (QED) is 0.592. The van der Waals surface area contributed by atoms with Crippen LogP contribution in [0, 0.1) is 0 Å². The van der Waals surface area contributed by atoms with Crippen LogP contribution in [0.15, 0.2) is 24.3 Å². The predicted molar refractivity (Wildman–Crippen MR) is 100 cm³/mol. The minimum atomic E-state index is -0.512. The lowest BCUT2D eigenvalue weighted by Crippen LogP contribution is -2.41. The summed E-state index contributed by atoms with van der Waals surface area (Å²) < 4.78 is 5.64. The average molecular weight is 348 g/mol. The molecule has 1 aromatic rings. The van der Waals surface area contributed by atoms with Crippen LogP contribution in [0.5, 0.6) is 5.75 Å². The topological polar surface area (TPSA) is 67.4 Å². The molecule has 0 bridgehead atoms. The van der Waals surface area contributed by atoms with Crippen LogP contribution < -0.4 is 15.4 Å². The van der Waals surface area contributed by atoms with E-state index in [0.717, 1.165) is 37.0 Å². The highest BCUT2D eigenvalue weighted by Gasteiger charge is 2.17. The minimum Gasteiger partial charge on any atom is -0.491 e. The van der Waals surface area contributed by atoms with Crippen molar-refractivity contribution in [2.75, 3.05) is 0 Å². The number of benzene rings is 1. The van der Waals surface area contributed by atoms with Gasteiger partial charge in [-0.25, -0.2) is 0 Å². The number of ether oxygens (including phenoxy) is 1. The van der Waals surface area contributed by atoms with Crippen LogP contribution in [-0.4, -0.2) is 17.9 Å². The molecule has 0 radical (unpaired) electrons. The van der Waals surface area contributed by atoms with Crippen molar-refractivity contribution in [2.24, 2.45) is 0 Å². The van der Waals surface area contributed by atoms with Crippen LogP contribution in [0.1, 0.15) is 77.9 Å². The lowest BCUT2D eigenvalue weighted by molar-refractivity contribution is -0.124. The van der Waals surface area contributed by atoms with Crippen LogP contribution in [0.3, 0.4) is 0 Å². The van der Waals surface area contributed by atoms with Crippen molar-refractivity contribution < 1.29 is 14.3 Å². The third kappa shape index (κ3) is 8.57. The highest BCUT2D eigenvalue weighted by Crippen LogP contribution is 2.18. The van der Waals surface area contributed by atoms with Crippen LogP contribution in [0.4, 0.5) is 0 Å². The zero-order valence-corrected chi connectivity index (χ0v) is 15.9. The summed E-state index contributed by atoms with van der Waals surface area (Å²) in [4.78, 5) is 24.2. The summed E-state index contributed by atoms with van der Waals surface area (Å²) in [5, 5.41) is 5.85. The molecule has 2 N–H and O–H groups in total. The second-order valence-corrected chi connectivity index (χ2v) is 6.51. The van der Waals surface area contributed by atoms with Gasteiger partial charge in [0, 0.05) is 12.8 Å². The van der Waals surface area contributed by atoms with E-state index >= 15 is 0 Å². The number of hydrogen-bond acceptors (Lipinski definition) is 3. The first-order valence-electron chi connectivity index (χ1n) is 9.31. The fourth-order valence-corrected chi connectivity index (χ4v) is 2.35. The summed E-state index contributed by atoms with van der Waals surface area (Å²) in [6, 6.07) is 7.47. The molecular weight excluding hydrogens is 316 g/mol. The largest absolute Gasteiger partial charge is 0.491 e. The monoisotopic (exact) mass is 348 g/mol. The van der Waals surface area contributed by atoms with Crippen LogP contribution in [-0.2, 0) is 9.59 Å². The lowest BCUT2D eigenvalue weighted by atomic mass is 10.1. The molecule has 1 aromatic carbocycles. The van der Waals surface area contributed by atoms with Gasteiger partial charge in [-0.1, -0.05) is 38.8 Å². The van der Waals surface area contributed by atoms with E-state index < -0.39 is 6.17 Å². The molecule has 0 aliphatic heterocycles. The van der Waals surface area contributed by atoms with E-state index in [9.17, 15) is 9.59 Å². The van der Waals surface area contributed by atoms with Gasteiger partial charge in [-0.2, -0.15) is 0 Å². The molecular formula is C20H32N2O3. The number of nitrogens with one attached hydrogen (secondary N) is 2. The fourth-order valence-electron chi connectivity index (χ4n) is 2.35. The van der Waals surface area contributed by atoms with Crippen LogP contribution >= 0.6 is 0 Å². The van der Waals surface area contributed by atoms with Gasteiger partial charge in [0.2, 0.25) is 11.8 Å². The number of amides is 2. The average Bonchev–Trinajstić information content (AvgIpc) is 2.57. The van der Waals surface area contributed by atoms with Gasteiger partial charge in [0.1, 0.15) is 11.9 Å². The smallest absolute Gasteiger partial charge is 0.221 e. The molecule has 140 valence electrons. The Bertz CT molecular complexity index is 504. The van der Waals surface area contributed by atoms with Crippen LogP contribution in [0.25, 0.3) is 0 Å². The molecule has 0 aliphatic rings. The summed E-state index contributed by atoms with van der Waals surface area (Å²) in [5.41, 5.74) is 0.839. The Labute approximate surface area is 151 Å². The Balaban J connectivity index is 2.81. The Morgan fingerprint density at radius 2 is 1.40 bits per heavy atom. The van der Waals surface area contributed by atoms with E-state index in [0.29, 0.717) is 12.8 Å². The molecule has 0 spiro atoms. The second-order valence-electron chi connectivity index (χ2n) is 6.51. The molecule has 0 saturated heterocycles. The highest BCUT2D eigenvalue weighted by molar-refractivity contribution is 5.79. The van der Waals surface area contributed by atoms with Gasteiger partial charge in [0.25, 0.3) is 0 Å².